The van der Waals surface area contributed by atoms with Crippen LogP contribution in [0.1, 0.15) is 11.8 Å². The van der Waals surface area contributed by atoms with Gasteiger partial charge >= 0.3 is 0 Å². The van der Waals surface area contributed by atoms with Gasteiger partial charge in [-0.3, -0.25) is 4.79 Å². The fourth-order valence-electron chi connectivity index (χ4n) is 1.10. The molecule has 0 aliphatic rings. The summed E-state index contributed by atoms with van der Waals surface area (Å²) in [7, 11) is 1.74. The van der Waals surface area contributed by atoms with Gasteiger partial charge in [0.1, 0.15) is 0 Å². The molecule has 3 nitrogen and oxygen atoms in total. The van der Waals surface area contributed by atoms with E-state index in [0.717, 1.165) is 9.21 Å². The Kier molecular flexibility index (Phi) is 3.92. The third-order valence-corrected chi connectivity index (χ3v) is 3.00. The Bertz CT molecular complexity index is 324. The third kappa shape index (κ3) is 2.97. The Labute approximate surface area is 92.5 Å². The number of rotatable bonds is 3. The van der Waals surface area contributed by atoms with Gasteiger partial charge in [-0.1, -0.05) is 11.6 Å². The summed E-state index contributed by atoms with van der Waals surface area (Å²) in [5.74, 6) is -0.0606. The number of hydrogen-bond acceptors (Lipinski definition) is 3. The van der Waals surface area contributed by atoms with E-state index in [2.05, 4.69) is 0 Å². The van der Waals surface area contributed by atoms with Crippen LogP contribution in [0.3, 0.4) is 0 Å². The number of halogens is 1. The summed E-state index contributed by atoms with van der Waals surface area (Å²) >= 11 is 7.25. The number of carbonyl (C=O) groups is 1. The van der Waals surface area contributed by atoms with Gasteiger partial charge in [0.05, 0.1) is 16.9 Å². The summed E-state index contributed by atoms with van der Waals surface area (Å²) in [5, 5.41) is 0. The number of hydrogen-bond donors (Lipinski definition) is 1. The maximum Gasteiger partial charge on any atom is 0.239 e. The highest BCUT2D eigenvalue weighted by Gasteiger charge is 2.13. The molecule has 0 aliphatic carbocycles. The van der Waals surface area contributed by atoms with E-state index >= 15 is 0 Å². The second-order valence-corrected chi connectivity index (χ2v) is 4.99. The van der Waals surface area contributed by atoms with Crippen LogP contribution >= 0.6 is 22.9 Å². The minimum atomic E-state index is -0.449. The van der Waals surface area contributed by atoms with Crippen LogP contribution in [-0.2, 0) is 11.3 Å². The molecule has 1 aromatic heterocycles. The second-order valence-electron chi connectivity index (χ2n) is 3.19. The molecule has 0 saturated heterocycles. The fourth-order valence-corrected chi connectivity index (χ4v) is 2.24. The highest BCUT2D eigenvalue weighted by molar-refractivity contribution is 7.16. The molecule has 0 fully saturated rings. The number of thiophene rings is 1. The molecule has 1 atom stereocenters. The van der Waals surface area contributed by atoms with E-state index in [1.165, 1.54) is 11.3 Å². The molecule has 1 amide bonds. The maximum atomic E-state index is 11.4. The van der Waals surface area contributed by atoms with Crippen molar-refractivity contribution in [3.63, 3.8) is 0 Å². The van der Waals surface area contributed by atoms with Crippen LogP contribution in [0, 0.1) is 0 Å². The summed E-state index contributed by atoms with van der Waals surface area (Å²) in [6, 6.07) is 3.29. The average molecular weight is 233 g/mol. The van der Waals surface area contributed by atoms with Gasteiger partial charge in [-0.15, -0.1) is 11.3 Å². The minimum Gasteiger partial charge on any atom is -0.339 e. The van der Waals surface area contributed by atoms with Crippen molar-refractivity contribution < 1.29 is 4.79 Å². The molecule has 5 heteroatoms. The van der Waals surface area contributed by atoms with Crippen LogP contribution in [0.15, 0.2) is 12.1 Å². The fraction of sp³-hybridized carbons (Fsp3) is 0.444. The number of amides is 1. The van der Waals surface area contributed by atoms with Crippen molar-refractivity contribution in [2.75, 3.05) is 7.05 Å². The van der Waals surface area contributed by atoms with Gasteiger partial charge in [-0.2, -0.15) is 0 Å². The van der Waals surface area contributed by atoms with E-state index in [9.17, 15) is 4.79 Å². The van der Waals surface area contributed by atoms with Crippen LogP contribution in [0.25, 0.3) is 0 Å². The Hall–Kier alpha value is -0.580. The second kappa shape index (κ2) is 4.77. The quantitative estimate of drug-likeness (QED) is 0.863. The zero-order chi connectivity index (χ0) is 10.7. The van der Waals surface area contributed by atoms with E-state index < -0.39 is 6.04 Å². The standard InChI is InChI=1S/C9H13ClN2OS/c1-6(11)9(13)12(2)5-7-3-4-8(10)14-7/h3-4,6H,5,11H2,1-2H3/t6-/m1/s1. The molecule has 0 aromatic carbocycles. The van der Waals surface area contributed by atoms with Gasteiger partial charge < -0.3 is 10.6 Å². The van der Waals surface area contributed by atoms with E-state index in [-0.39, 0.29) is 5.91 Å². The van der Waals surface area contributed by atoms with Gasteiger partial charge in [0, 0.05) is 11.9 Å². The largest absolute Gasteiger partial charge is 0.339 e. The van der Waals surface area contributed by atoms with Gasteiger partial charge in [0.25, 0.3) is 0 Å². The van der Waals surface area contributed by atoms with Crippen molar-refractivity contribution in [2.24, 2.45) is 5.73 Å². The van der Waals surface area contributed by atoms with Crippen molar-refractivity contribution >= 4 is 28.8 Å². The molecule has 14 heavy (non-hydrogen) atoms. The summed E-state index contributed by atoms with van der Waals surface area (Å²) < 4.78 is 0.738. The van der Waals surface area contributed by atoms with Crippen LogP contribution in [-0.4, -0.2) is 23.9 Å². The number of likely N-dealkylation sites (N-methyl/N-ethyl adjacent to an activating group) is 1. The molecule has 0 saturated carbocycles. The van der Waals surface area contributed by atoms with E-state index in [1.54, 1.807) is 18.9 Å². The third-order valence-electron chi connectivity index (χ3n) is 1.79. The van der Waals surface area contributed by atoms with Crippen molar-refractivity contribution in [1.82, 2.24) is 4.90 Å². The minimum absolute atomic E-state index is 0.0606. The molecular formula is C9H13ClN2OS. The van der Waals surface area contributed by atoms with Crippen molar-refractivity contribution in [3.05, 3.63) is 21.3 Å². The van der Waals surface area contributed by atoms with Gasteiger partial charge in [-0.05, 0) is 19.1 Å². The number of nitrogens with two attached hydrogens (primary N) is 1. The highest BCUT2D eigenvalue weighted by atomic mass is 35.5. The van der Waals surface area contributed by atoms with Crippen LogP contribution in [0.2, 0.25) is 4.34 Å². The van der Waals surface area contributed by atoms with Crippen molar-refractivity contribution in [1.29, 1.82) is 0 Å². The summed E-state index contributed by atoms with van der Waals surface area (Å²) in [4.78, 5) is 14.1. The van der Waals surface area contributed by atoms with Crippen LogP contribution in [0.5, 0.6) is 0 Å². The predicted octanol–water partition coefficient (Wildman–Crippen LogP) is 1.71. The summed E-state index contributed by atoms with van der Waals surface area (Å²) in [5.41, 5.74) is 5.48. The van der Waals surface area contributed by atoms with Crippen molar-refractivity contribution in [3.8, 4) is 0 Å². The lowest BCUT2D eigenvalue weighted by atomic mass is 10.3. The normalized spacial score (nSPS) is 12.6. The molecule has 0 radical (unpaired) electrons. The van der Waals surface area contributed by atoms with E-state index in [4.69, 9.17) is 17.3 Å². The van der Waals surface area contributed by atoms with Crippen molar-refractivity contribution in [2.45, 2.75) is 19.5 Å². The Morgan fingerprint density at radius 2 is 2.36 bits per heavy atom. The first-order valence-electron chi connectivity index (χ1n) is 4.25. The lowest BCUT2D eigenvalue weighted by Gasteiger charge is -2.18. The van der Waals surface area contributed by atoms with Gasteiger partial charge in [0.2, 0.25) is 5.91 Å². The molecule has 0 aliphatic heterocycles. The molecule has 1 aromatic rings. The zero-order valence-corrected chi connectivity index (χ0v) is 9.73. The molecule has 0 unspecified atom stereocenters. The molecular weight excluding hydrogens is 220 g/mol. The maximum absolute atomic E-state index is 11.4. The predicted molar refractivity (Wildman–Crippen MR) is 59.5 cm³/mol. The first-order chi connectivity index (χ1) is 6.50. The smallest absolute Gasteiger partial charge is 0.239 e. The molecule has 0 bridgehead atoms. The lowest BCUT2D eigenvalue weighted by molar-refractivity contribution is -0.131. The summed E-state index contributed by atoms with van der Waals surface area (Å²) in [6.07, 6.45) is 0. The molecule has 78 valence electrons. The first-order valence-corrected chi connectivity index (χ1v) is 5.45. The van der Waals surface area contributed by atoms with E-state index in [1.807, 2.05) is 12.1 Å². The monoisotopic (exact) mass is 232 g/mol. The average Bonchev–Trinajstić information content (AvgIpc) is 2.49. The highest BCUT2D eigenvalue weighted by Crippen LogP contribution is 2.22. The van der Waals surface area contributed by atoms with E-state index in [0.29, 0.717) is 6.54 Å². The van der Waals surface area contributed by atoms with Gasteiger partial charge in [-0.25, -0.2) is 0 Å². The number of nitrogens with zero attached hydrogens (tertiary/aromatic N) is 1. The Morgan fingerprint density at radius 1 is 1.71 bits per heavy atom. The van der Waals surface area contributed by atoms with Crippen LogP contribution < -0.4 is 5.73 Å². The molecule has 1 rings (SSSR count). The Balaban J connectivity index is 2.57. The SMILES string of the molecule is C[C@@H](N)C(=O)N(C)Cc1ccc(Cl)s1. The molecule has 0 spiro atoms. The topological polar surface area (TPSA) is 46.3 Å². The van der Waals surface area contributed by atoms with Crippen LogP contribution in [0.4, 0.5) is 0 Å². The van der Waals surface area contributed by atoms with Gasteiger partial charge in [0.15, 0.2) is 0 Å². The zero-order valence-electron chi connectivity index (χ0n) is 8.16. The first kappa shape index (κ1) is 11.5. The molecule has 2 N–H and O–H groups in total. The summed E-state index contributed by atoms with van der Waals surface area (Å²) in [6.45, 7) is 2.25. The lowest BCUT2D eigenvalue weighted by Crippen LogP contribution is -2.39. The number of carbonyl (C=O) groups excluding carboxylic acids is 1. The molecule has 1 heterocycles. The Morgan fingerprint density at radius 3 is 2.79 bits per heavy atom.